The van der Waals surface area contributed by atoms with Crippen LogP contribution in [0.15, 0.2) is 158 Å². The monoisotopic (exact) mass is 748 g/mol. The van der Waals surface area contributed by atoms with Crippen molar-refractivity contribution in [1.29, 1.82) is 10.5 Å². The van der Waals surface area contributed by atoms with Crippen LogP contribution in [-0.2, 0) is 10.2 Å². The molecule has 0 spiro atoms. The van der Waals surface area contributed by atoms with Crippen LogP contribution in [0.25, 0.3) is 60.6 Å². The summed E-state index contributed by atoms with van der Waals surface area (Å²) >= 11 is 0. The van der Waals surface area contributed by atoms with Crippen molar-refractivity contribution in [2.45, 2.75) is 37.6 Å². The average Bonchev–Trinajstić information content (AvgIpc) is 3.96. The molecular formula is C52H36N4O2. The van der Waals surface area contributed by atoms with Crippen LogP contribution in [0, 0.1) is 34.0 Å². The fourth-order valence-electron chi connectivity index (χ4n) is 10.5. The van der Waals surface area contributed by atoms with E-state index in [-0.39, 0.29) is 29.6 Å². The van der Waals surface area contributed by atoms with E-state index in [1.54, 1.807) is 0 Å². The Morgan fingerprint density at radius 1 is 0.603 bits per heavy atom. The summed E-state index contributed by atoms with van der Waals surface area (Å²) < 4.78 is 18.0. The molecular weight excluding hydrogens is 713 g/mol. The molecule has 0 N–H and O–H groups in total. The van der Waals surface area contributed by atoms with E-state index in [1.807, 2.05) is 36.4 Å². The lowest BCUT2D eigenvalue weighted by atomic mass is 9.68. The quantitative estimate of drug-likeness (QED) is 0.180. The number of hydrogen-bond donors (Lipinski definition) is 0. The lowest BCUT2D eigenvalue weighted by Gasteiger charge is -2.34. The van der Waals surface area contributed by atoms with Gasteiger partial charge in [-0.2, -0.15) is 10.5 Å². The van der Waals surface area contributed by atoms with E-state index >= 15 is 0 Å². The third kappa shape index (κ3) is 4.44. The first-order valence-electron chi connectivity index (χ1n) is 19.9. The van der Waals surface area contributed by atoms with Crippen molar-refractivity contribution < 1.29 is 9.47 Å². The number of nitriles is 2. The SMILES string of the molecule is CC12C=C(n3c4ccc(C#N)cc4c4cc(C#N)ccc43)C=CC1Oc1ccc(C3=CC4(C)C(C=C3)OC3C=CC(n5c6ccccc6c6ccccc65)=CC34)cc12. The number of fused-ring (bicyclic) bond motifs is 12. The van der Waals surface area contributed by atoms with E-state index in [9.17, 15) is 10.5 Å². The van der Waals surface area contributed by atoms with Crippen LogP contribution in [0.1, 0.15) is 36.1 Å². The summed E-state index contributed by atoms with van der Waals surface area (Å²) in [6.07, 6.45) is 20.3. The molecule has 2 aliphatic heterocycles. The second kappa shape index (κ2) is 11.7. The Morgan fingerprint density at radius 3 is 1.91 bits per heavy atom. The average molecular weight is 749 g/mol. The number of hydrogen-bond acceptors (Lipinski definition) is 4. The van der Waals surface area contributed by atoms with Gasteiger partial charge in [0.2, 0.25) is 0 Å². The number of ether oxygens (including phenoxy) is 2. The third-order valence-electron chi connectivity index (χ3n) is 13.5. The van der Waals surface area contributed by atoms with Gasteiger partial charge in [-0.05, 0) is 103 Å². The highest BCUT2D eigenvalue weighted by Crippen LogP contribution is 2.54. The van der Waals surface area contributed by atoms with Gasteiger partial charge in [-0.3, -0.25) is 0 Å². The zero-order valence-corrected chi connectivity index (χ0v) is 31.9. The van der Waals surface area contributed by atoms with E-state index in [2.05, 4.69) is 157 Å². The highest BCUT2D eigenvalue weighted by Gasteiger charge is 2.52. The van der Waals surface area contributed by atoms with Crippen LogP contribution < -0.4 is 4.74 Å². The maximum absolute atomic E-state index is 9.73. The molecule has 276 valence electrons. The Kier molecular flexibility index (Phi) is 6.67. The van der Waals surface area contributed by atoms with E-state index in [4.69, 9.17) is 9.47 Å². The predicted molar refractivity (Wildman–Crippen MR) is 231 cm³/mol. The molecule has 1 saturated heterocycles. The van der Waals surface area contributed by atoms with Crippen molar-refractivity contribution in [3.05, 3.63) is 180 Å². The van der Waals surface area contributed by atoms with Crippen molar-refractivity contribution in [2.24, 2.45) is 11.3 Å². The van der Waals surface area contributed by atoms with Crippen LogP contribution in [0.4, 0.5) is 0 Å². The minimum absolute atomic E-state index is 0.0170. The Labute approximate surface area is 335 Å². The topological polar surface area (TPSA) is 75.9 Å². The van der Waals surface area contributed by atoms with Crippen molar-refractivity contribution in [3.8, 4) is 17.9 Å². The standard InChI is InChI=1S/C52H36N4O2/c1-51-27-34(14-21-49(51)58-48-20-15-35(26-42(48)51)55-43-9-5-3-7-37(43)38-8-4-6-10-44(38)55)33-13-19-47-41(25-33)52(2)28-36(16-22-50(52)57-47)56-45-17-11-31(29-53)23-39(45)40-24-32(30-54)12-18-46(40)56/h3-28,42,48-50H,1-2H3. The molecule has 0 radical (unpaired) electrons. The number of aromatic nitrogens is 2. The number of para-hydroxylation sites is 2. The minimum atomic E-state index is -0.446. The first-order chi connectivity index (χ1) is 28.3. The molecule has 0 bridgehead atoms. The minimum Gasteiger partial charge on any atom is -0.485 e. The Morgan fingerprint density at radius 2 is 1.22 bits per heavy atom. The Hall–Kier alpha value is -7.12. The van der Waals surface area contributed by atoms with E-state index in [0.29, 0.717) is 11.1 Å². The number of benzene rings is 5. The molecule has 2 aromatic heterocycles. The first-order valence-corrected chi connectivity index (χ1v) is 19.9. The summed E-state index contributed by atoms with van der Waals surface area (Å²) in [6.45, 7) is 4.62. The van der Waals surface area contributed by atoms with E-state index in [1.165, 1.54) is 33.1 Å². The molecule has 58 heavy (non-hydrogen) atoms. The van der Waals surface area contributed by atoms with Crippen LogP contribution in [0.2, 0.25) is 0 Å². The second-order valence-electron chi connectivity index (χ2n) is 16.7. The Balaban J connectivity index is 0.938. The molecule has 1 fully saturated rings. The van der Waals surface area contributed by atoms with Crippen molar-refractivity contribution in [2.75, 3.05) is 0 Å². The molecule has 6 heteroatoms. The first kappa shape index (κ1) is 33.1. The fourth-order valence-corrected chi connectivity index (χ4v) is 10.5. The molecule has 6 nitrogen and oxygen atoms in total. The van der Waals surface area contributed by atoms with Gasteiger partial charge in [0.15, 0.2) is 0 Å². The van der Waals surface area contributed by atoms with E-state index < -0.39 is 5.41 Å². The highest BCUT2D eigenvalue weighted by molar-refractivity contribution is 6.12. The second-order valence-corrected chi connectivity index (χ2v) is 16.7. The van der Waals surface area contributed by atoms with Crippen molar-refractivity contribution in [3.63, 3.8) is 0 Å². The molecule has 5 aliphatic rings. The molecule has 7 aromatic rings. The summed E-state index contributed by atoms with van der Waals surface area (Å²) in [5.74, 6) is 1.04. The summed E-state index contributed by atoms with van der Waals surface area (Å²) in [7, 11) is 0. The molecule has 5 aromatic carbocycles. The van der Waals surface area contributed by atoms with Gasteiger partial charge in [-0.25, -0.2) is 0 Å². The maximum atomic E-state index is 9.73. The molecule has 0 amide bonds. The zero-order chi connectivity index (χ0) is 38.9. The van der Waals surface area contributed by atoms with Gasteiger partial charge in [-0.1, -0.05) is 79.8 Å². The smallest absolute Gasteiger partial charge is 0.130 e. The van der Waals surface area contributed by atoms with Gasteiger partial charge in [0.1, 0.15) is 11.9 Å². The van der Waals surface area contributed by atoms with Crippen LogP contribution >= 0.6 is 0 Å². The lowest BCUT2D eigenvalue weighted by Crippen LogP contribution is -2.34. The molecule has 6 atom stereocenters. The molecule has 3 aliphatic carbocycles. The summed E-state index contributed by atoms with van der Waals surface area (Å²) in [5, 5.41) is 23.9. The van der Waals surface area contributed by atoms with Gasteiger partial charge in [0, 0.05) is 49.8 Å². The van der Waals surface area contributed by atoms with Gasteiger partial charge in [0.25, 0.3) is 0 Å². The number of nitrogens with zero attached hydrogens (tertiary/aromatic N) is 4. The van der Waals surface area contributed by atoms with Crippen molar-refractivity contribution in [1.82, 2.24) is 9.13 Å². The summed E-state index contributed by atoms with van der Waals surface area (Å²) in [4.78, 5) is 0. The molecule has 12 rings (SSSR count). The maximum Gasteiger partial charge on any atom is 0.130 e. The van der Waals surface area contributed by atoms with Gasteiger partial charge in [0.05, 0.1) is 63.0 Å². The lowest BCUT2D eigenvalue weighted by molar-refractivity contribution is 0.0771. The fraction of sp³-hybridized carbons (Fsp3) is 0.154. The molecule has 0 saturated carbocycles. The van der Waals surface area contributed by atoms with Crippen LogP contribution in [-0.4, -0.2) is 27.4 Å². The summed E-state index contributed by atoms with van der Waals surface area (Å²) in [6, 6.07) is 40.1. The highest BCUT2D eigenvalue weighted by atomic mass is 16.5. The van der Waals surface area contributed by atoms with Crippen LogP contribution in [0.3, 0.4) is 0 Å². The van der Waals surface area contributed by atoms with Crippen LogP contribution in [0.5, 0.6) is 5.75 Å². The molecule has 6 unspecified atom stereocenters. The van der Waals surface area contributed by atoms with Crippen molar-refractivity contribution >= 4 is 60.6 Å². The third-order valence-corrected chi connectivity index (χ3v) is 13.5. The number of rotatable bonds is 3. The normalized spacial score (nSPS) is 26.4. The van der Waals surface area contributed by atoms with Gasteiger partial charge >= 0.3 is 0 Å². The van der Waals surface area contributed by atoms with Gasteiger partial charge < -0.3 is 18.6 Å². The Bertz CT molecular complexity index is 3150. The molecule has 4 heterocycles. The van der Waals surface area contributed by atoms with E-state index in [0.717, 1.165) is 44.4 Å². The zero-order valence-electron chi connectivity index (χ0n) is 31.9. The number of allylic oxidation sites excluding steroid dienone is 6. The van der Waals surface area contributed by atoms with Gasteiger partial charge in [-0.15, -0.1) is 0 Å². The largest absolute Gasteiger partial charge is 0.485 e. The summed E-state index contributed by atoms with van der Waals surface area (Å²) in [5.41, 5.74) is 10.5. The predicted octanol–water partition coefficient (Wildman–Crippen LogP) is 11.2.